The van der Waals surface area contributed by atoms with Gasteiger partial charge in [-0.25, -0.2) is 9.18 Å². The minimum atomic E-state index is -0.760. The number of carbonyl (C=O) groups excluding carboxylic acids is 2. The predicted molar refractivity (Wildman–Crippen MR) is 82.9 cm³/mol. The molecule has 0 fully saturated rings. The van der Waals surface area contributed by atoms with Gasteiger partial charge >= 0.3 is 5.97 Å². The van der Waals surface area contributed by atoms with Gasteiger partial charge in [-0.05, 0) is 55.5 Å². The number of methoxy groups -OCH3 is 1. The first-order valence-electron chi connectivity index (χ1n) is 6.91. The van der Waals surface area contributed by atoms with Crippen LogP contribution in [0.1, 0.15) is 17.3 Å². The Labute approximate surface area is 133 Å². The summed E-state index contributed by atoms with van der Waals surface area (Å²) in [5.41, 5.74) is 0.871. The van der Waals surface area contributed by atoms with Gasteiger partial charge in [0.15, 0.2) is 6.10 Å². The summed E-state index contributed by atoms with van der Waals surface area (Å²) in [6.07, 6.45) is -0.760. The molecule has 0 spiro atoms. The molecule has 0 bridgehead atoms. The van der Waals surface area contributed by atoms with Crippen molar-refractivity contribution in [1.29, 1.82) is 0 Å². The van der Waals surface area contributed by atoms with Crippen molar-refractivity contribution in [1.82, 2.24) is 0 Å². The van der Waals surface area contributed by atoms with Crippen LogP contribution in [0, 0.1) is 5.82 Å². The molecule has 1 amide bonds. The number of anilines is 1. The van der Waals surface area contributed by atoms with Crippen LogP contribution >= 0.6 is 0 Å². The van der Waals surface area contributed by atoms with Crippen LogP contribution in [0.4, 0.5) is 10.1 Å². The number of nitrogens with one attached hydrogen (secondary N) is 1. The molecule has 5 nitrogen and oxygen atoms in total. The third kappa shape index (κ3) is 4.54. The summed E-state index contributed by atoms with van der Waals surface area (Å²) in [5.74, 6) is -0.746. The van der Waals surface area contributed by atoms with Crippen LogP contribution in [-0.4, -0.2) is 25.1 Å². The van der Waals surface area contributed by atoms with Gasteiger partial charge in [0.05, 0.1) is 12.7 Å². The van der Waals surface area contributed by atoms with Crippen LogP contribution in [0.3, 0.4) is 0 Å². The molecule has 6 heteroatoms. The summed E-state index contributed by atoms with van der Waals surface area (Å²) in [6.45, 7) is 1.59. The molecule has 0 saturated heterocycles. The SMILES string of the molecule is COC(=O)c1ccc(O[C@H](C)C(=O)Nc2ccc(F)cc2)cc1. The fraction of sp³-hybridized carbons (Fsp3) is 0.176. The number of hydrogen-bond acceptors (Lipinski definition) is 4. The number of ether oxygens (including phenoxy) is 2. The smallest absolute Gasteiger partial charge is 0.337 e. The molecule has 2 aromatic carbocycles. The van der Waals surface area contributed by atoms with Crippen molar-refractivity contribution in [2.75, 3.05) is 12.4 Å². The second-order valence-corrected chi connectivity index (χ2v) is 4.77. The maximum absolute atomic E-state index is 12.8. The molecule has 23 heavy (non-hydrogen) atoms. The van der Waals surface area contributed by atoms with Crippen LogP contribution in [0.25, 0.3) is 0 Å². The normalized spacial score (nSPS) is 11.4. The Balaban J connectivity index is 1.95. The van der Waals surface area contributed by atoms with E-state index in [4.69, 9.17) is 4.74 Å². The molecular weight excluding hydrogens is 301 g/mol. The van der Waals surface area contributed by atoms with E-state index in [1.807, 2.05) is 0 Å². The largest absolute Gasteiger partial charge is 0.481 e. The molecule has 0 saturated carbocycles. The van der Waals surface area contributed by atoms with Crippen molar-refractivity contribution in [2.45, 2.75) is 13.0 Å². The highest BCUT2D eigenvalue weighted by Crippen LogP contribution is 2.15. The lowest BCUT2D eigenvalue weighted by Gasteiger charge is -2.15. The fourth-order valence-corrected chi connectivity index (χ4v) is 1.82. The number of rotatable bonds is 5. The molecular formula is C17H16FNO4. The van der Waals surface area contributed by atoms with Gasteiger partial charge in [-0.2, -0.15) is 0 Å². The molecule has 0 aromatic heterocycles. The monoisotopic (exact) mass is 317 g/mol. The Morgan fingerprint density at radius 3 is 2.22 bits per heavy atom. The third-order valence-corrected chi connectivity index (χ3v) is 3.07. The molecule has 0 radical (unpaired) electrons. The molecule has 1 N–H and O–H groups in total. The average Bonchev–Trinajstić information content (AvgIpc) is 2.56. The van der Waals surface area contributed by atoms with E-state index in [2.05, 4.69) is 10.1 Å². The first-order chi connectivity index (χ1) is 11.0. The summed E-state index contributed by atoms with van der Waals surface area (Å²) in [7, 11) is 1.30. The zero-order valence-electron chi connectivity index (χ0n) is 12.7. The maximum atomic E-state index is 12.8. The Morgan fingerprint density at radius 1 is 1.04 bits per heavy atom. The van der Waals surface area contributed by atoms with Crippen molar-refractivity contribution < 1.29 is 23.5 Å². The average molecular weight is 317 g/mol. The van der Waals surface area contributed by atoms with E-state index >= 15 is 0 Å². The van der Waals surface area contributed by atoms with Crippen LogP contribution in [0.2, 0.25) is 0 Å². The van der Waals surface area contributed by atoms with E-state index in [1.165, 1.54) is 31.4 Å². The van der Waals surface area contributed by atoms with Crippen molar-refractivity contribution >= 4 is 17.6 Å². The minimum absolute atomic E-state index is 0.367. The first kappa shape index (κ1) is 16.5. The summed E-state index contributed by atoms with van der Waals surface area (Å²) >= 11 is 0. The standard InChI is InChI=1S/C17H16FNO4/c1-11(16(20)19-14-7-5-13(18)6-8-14)23-15-9-3-12(4-10-15)17(21)22-2/h3-11H,1-2H3,(H,19,20)/t11-/m1/s1. The van der Waals surface area contributed by atoms with Gasteiger partial charge in [0.1, 0.15) is 11.6 Å². The van der Waals surface area contributed by atoms with E-state index in [0.717, 1.165) is 0 Å². The highest BCUT2D eigenvalue weighted by Gasteiger charge is 2.15. The lowest BCUT2D eigenvalue weighted by atomic mass is 10.2. The van der Waals surface area contributed by atoms with Crippen molar-refractivity contribution in [3.8, 4) is 5.75 Å². The zero-order valence-corrected chi connectivity index (χ0v) is 12.7. The van der Waals surface area contributed by atoms with E-state index in [0.29, 0.717) is 17.0 Å². The Bertz CT molecular complexity index is 683. The second kappa shape index (κ2) is 7.40. The Hall–Kier alpha value is -2.89. The van der Waals surface area contributed by atoms with Crippen LogP contribution in [0.5, 0.6) is 5.75 Å². The number of amides is 1. The third-order valence-electron chi connectivity index (χ3n) is 3.07. The highest BCUT2D eigenvalue weighted by molar-refractivity contribution is 5.94. The van der Waals surface area contributed by atoms with E-state index in [9.17, 15) is 14.0 Å². The van der Waals surface area contributed by atoms with E-state index < -0.39 is 12.1 Å². The van der Waals surface area contributed by atoms with Crippen LogP contribution in [0.15, 0.2) is 48.5 Å². The Kier molecular flexibility index (Phi) is 5.30. The Morgan fingerprint density at radius 2 is 1.65 bits per heavy atom. The molecule has 0 unspecified atom stereocenters. The molecule has 120 valence electrons. The van der Waals surface area contributed by atoms with Crippen molar-refractivity contribution in [3.05, 3.63) is 59.9 Å². The minimum Gasteiger partial charge on any atom is -0.481 e. The lowest BCUT2D eigenvalue weighted by molar-refractivity contribution is -0.122. The van der Waals surface area contributed by atoms with E-state index in [-0.39, 0.29) is 11.7 Å². The first-order valence-corrected chi connectivity index (χ1v) is 6.91. The number of hydrogen-bond donors (Lipinski definition) is 1. The fourth-order valence-electron chi connectivity index (χ4n) is 1.82. The van der Waals surface area contributed by atoms with Gasteiger partial charge in [0.2, 0.25) is 0 Å². The topological polar surface area (TPSA) is 64.6 Å². The lowest BCUT2D eigenvalue weighted by Crippen LogP contribution is -2.30. The second-order valence-electron chi connectivity index (χ2n) is 4.77. The molecule has 0 heterocycles. The summed E-state index contributed by atoms with van der Waals surface area (Å²) in [5, 5.41) is 2.62. The van der Waals surface area contributed by atoms with Gasteiger partial charge < -0.3 is 14.8 Å². The number of carbonyl (C=O) groups is 2. The van der Waals surface area contributed by atoms with Crippen molar-refractivity contribution in [3.63, 3.8) is 0 Å². The molecule has 1 atom stereocenters. The molecule has 0 aliphatic heterocycles. The van der Waals surface area contributed by atoms with Gasteiger partial charge in [-0.3, -0.25) is 4.79 Å². The molecule has 2 aromatic rings. The van der Waals surface area contributed by atoms with Gasteiger partial charge in [-0.1, -0.05) is 0 Å². The predicted octanol–water partition coefficient (Wildman–Crippen LogP) is 3.02. The summed E-state index contributed by atoms with van der Waals surface area (Å²) in [4.78, 5) is 23.3. The number of benzene rings is 2. The number of halogens is 1. The zero-order chi connectivity index (χ0) is 16.8. The van der Waals surface area contributed by atoms with Gasteiger partial charge in [0.25, 0.3) is 5.91 Å². The van der Waals surface area contributed by atoms with Crippen molar-refractivity contribution in [2.24, 2.45) is 0 Å². The molecule has 2 rings (SSSR count). The number of esters is 1. The summed E-state index contributed by atoms with van der Waals surface area (Å²) in [6, 6.07) is 11.7. The van der Waals surface area contributed by atoms with Gasteiger partial charge in [0, 0.05) is 5.69 Å². The van der Waals surface area contributed by atoms with Crippen LogP contribution < -0.4 is 10.1 Å². The summed E-state index contributed by atoms with van der Waals surface area (Å²) < 4.78 is 22.9. The quantitative estimate of drug-likeness (QED) is 0.861. The highest BCUT2D eigenvalue weighted by atomic mass is 19.1. The van der Waals surface area contributed by atoms with E-state index in [1.54, 1.807) is 31.2 Å². The molecule has 0 aliphatic rings. The van der Waals surface area contributed by atoms with Gasteiger partial charge in [-0.15, -0.1) is 0 Å². The molecule has 0 aliphatic carbocycles. The van der Waals surface area contributed by atoms with Crippen LogP contribution in [-0.2, 0) is 9.53 Å². The maximum Gasteiger partial charge on any atom is 0.337 e.